The average Bonchev–Trinajstić information content (AvgIpc) is 1.64. The number of ether oxygens (including phenoxy) is 20. The molecule has 2 spiro atoms. The van der Waals surface area contributed by atoms with Gasteiger partial charge in [-0.3, -0.25) is 9.59 Å². The van der Waals surface area contributed by atoms with Crippen LogP contribution < -0.4 is 0 Å². The molecule has 0 aromatic carbocycles. The molecule has 6 N–H and O–H groups in total. The highest BCUT2D eigenvalue weighted by molar-refractivity contribution is 5.79. The van der Waals surface area contributed by atoms with Gasteiger partial charge < -0.3 is 125 Å². The first-order valence-corrected chi connectivity index (χ1v) is 45.8. The molecule has 10 saturated heterocycles. The molecule has 28 nitrogen and oxygen atoms in total. The Bertz CT molecular complexity index is 3810. The van der Waals surface area contributed by atoms with Crippen molar-refractivity contribution in [3.8, 4) is 0 Å². The summed E-state index contributed by atoms with van der Waals surface area (Å²) in [7, 11) is 6.45. The van der Waals surface area contributed by atoms with Gasteiger partial charge in [-0.15, -0.1) is 0 Å². The van der Waals surface area contributed by atoms with Crippen molar-refractivity contribution in [3.05, 3.63) is 94.2 Å². The van der Waals surface area contributed by atoms with E-state index in [4.69, 9.17) is 94.7 Å². The van der Waals surface area contributed by atoms with Crippen LogP contribution in [-0.2, 0) is 104 Å². The summed E-state index contributed by atoms with van der Waals surface area (Å²) in [6, 6.07) is 0. The molecule has 10 fully saturated rings. The van der Waals surface area contributed by atoms with Crippen molar-refractivity contribution in [2.45, 2.75) is 402 Å². The molecule has 694 valence electrons. The predicted molar refractivity (Wildman–Crippen MR) is 450 cm³/mol. The Morgan fingerprint density at radius 1 is 0.472 bits per heavy atom. The molecule has 2 aliphatic carbocycles. The SMILES string of the molecule is CC[C@@H](C)[C@H]1O[C@]2(CC[C@@H]1C)C[C@@H]1C[C@@H](C/C=C(\C)C(O[C@H]3C[C@H](OC)C(O[C@H]4C[C@H](OC)[C@@H](O)[C@H](C)O4)[C@H](C)O3)[C@@H](C)/C=C/C=C3\CO[C@@H]4[C@H](O)C(C)=C[C@@H](C(=O)O1)[C@]34O)O2.CO[C@H]1C[C@H](OC2/C(C)=C/C[C@@H]3C[C@@H](C[C@]4(CC[C@H](C)[C@@H](C(C)C)O4)O3)OC(=O)[C@@H]3C=C(C)[C@@H](O)[C@H]4OC/C(=C\C=C\[C@@H]2C)[C@]43O)O[C@@H](C)C1O[C@H]1C[C@H](OC)[C@@H](O)[C@H](C)O1. The number of allylic oxidation sites excluding steroid dienone is 4. The van der Waals surface area contributed by atoms with Crippen LogP contribution in [0.25, 0.3) is 0 Å². The fourth-order valence-electron chi connectivity index (χ4n) is 21.8. The van der Waals surface area contributed by atoms with Crippen LogP contribution >= 0.6 is 0 Å². The topological polar surface area (TPSA) is 340 Å². The summed E-state index contributed by atoms with van der Waals surface area (Å²) in [5.41, 5.74) is 0.372. The summed E-state index contributed by atoms with van der Waals surface area (Å²) in [5, 5.41) is 68.4. The maximum absolute atomic E-state index is 14.4. The molecule has 39 atom stereocenters. The summed E-state index contributed by atoms with van der Waals surface area (Å²) in [6.45, 7) is 32.5. The Morgan fingerprint density at radius 3 is 1.24 bits per heavy atom. The fourth-order valence-corrected chi connectivity index (χ4v) is 21.8. The highest BCUT2D eigenvalue weighted by Gasteiger charge is 2.63. The number of carbonyl (C=O) groups is 2. The number of carbonyl (C=O) groups excluding carboxylic acids is 2. The first kappa shape index (κ1) is 96.5. The summed E-state index contributed by atoms with van der Waals surface area (Å²) in [6.07, 6.45) is 12.1. The minimum atomic E-state index is -1.82. The lowest BCUT2D eigenvalue weighted by Gasteiger charge is -2.51. The van der Waals surface area contributed by atoms with E-state index in [0.717, 1.165) is 30.4 Å². The van der Waals surface area contributed by atoms with Crippen LogP contribution in [0.3, 0.4) is 0 Å². The molecule has 0 amide bonds. The minimum absolute atomic E-state index is 0.00708. The van der Waals surface area contributed by atoms with Gasteiger partial charge in [-0.2, -0.15) is 0 Å². The van der Waals surface area contributed by atoms with Crippen molar-refractivity contribution in [1.29, 1.82) is 0 Å². The second-order valence-corrected chi connectivity index (χ2v) is 38.6. The van der Waals surface area contributed by atoms with Gasteiger partial charge in [0.1, 0.15) is 84.1 Å². The van der Waals surface area contributed by atoms with E-state index in [2.05, 4.69) is 81.4 Å². The Hall–Kier alpha value is -4.10. The van der Waals surface area contributed by atoms with Crippen molar-refractivity contribution in [2.75, 3.05) is 41.7 Å². The van der Waals surface area contributed by atoms with E-state index in [1.807, 2.05) is 38.2 Å². The van der Waals surface area contributed by atoms with Gasteiger partial charge in [-0.1, -0.05) is 123 Å². The quantitative estimate of drug-likeness (QED) is 0.0655. The molecule has 14 rings (SSSR count). The second-order valence-electron chi connectivity index (χ2n) is 38.6. The first-order valence-electron chi connectivity index (χ1n) is 45.8. The minimum Gasteiger partial charge on any atom is -0.462 e. The van der Waals surface area contributed by atoms with E-state index in [-0.39, 0.29) is 67.6 Å². The summed E-state index contributed by atoms with van der Waals surface area (Å²) < 4.78 is 128. The normalized spacial score (nSPS) is 49.5. The number of aliphatic hydroxyl groups excluding tert-OH is 4. The van der Waals surface area contributed by atoms with E-state index < -0.39 is 182 Å². The van der Waals surface area contributed by atoms with Crippen LogP contribution in [-0.4, -0.2) is 279 Å². The van der Waals surface area contributed by atoms with Gasteiger partial charge in [0.25, 0.3) is 0 Å². The van der Waals surface area contributed by atoms with Crippen molar-refractivity contribution in [3.63, 3.8) is 0 Å². The lowest BCUT2D eigenvalue weighted by Crippen LogP contribution is -2.58. The fraction of sp³-hybridized carbons (Fsp3) is 0.811. The third-order valence-corrected chi connectivity index (χ3v) is 29.3. The molecule has 0 aromatic rings. The number of hydrogen-bond donors (Lipinski definition) is 6. The monoisotopic (exact) mass is 1740 g/mol. The highest BCUT2D eigenvalue weighted by Crippen LogP contribution is 2.52. The van der Waals surface area contributed by atoms with Gasteiger partial charge >= 0.3 is 11.9 Å². The zero-order chi connectivity index (χ0) is 88.6. The maximum Gasteiger partial charge on any atom is 0.316 e. The molecular weight excluding hydrogens is 1590 g/mol. The van der Waals surface area contributed by atoms with E-state index in [9.17, 15) is 40.2 Å². The van der Waals surface area contributed by atoms with Crippen molar-refractivity contribution >= 4 is 11.9 Å². The number of fused-ring (bicyclic) bond motifs is 4. The molecule has 14 aliphatic rings. The molecule has 4 unspecified atom stereocenters. The van der Waals surface area contributed by atoms with Gasteiger partial charge in [0, 0.05) is 104 Å². The zero-order valence-electron chi connectivity index (χ0n) is 76.2. The maximum atomic E-state index is 14.4. The van der Waals surface area contributed by atoms with Gasteiger partial charge in [-0.25, -0.2) is 0 Å². The number of aliphatic hydroxyl groups is 6. The van der Waals surface area contributed by atoms with Crippen LogP contribution in [0, 0.1) is 47.3 Å². The third-order valence-electron chi connectivity index (χ3n) is 29.3. The molecule has 12 aliphatic heterocycles. The summed E-state index contributed by atoms with van der Waals surface area (Å²) >= 11 is 0. The standard InChI is InChI=1S/C48H74O14.C47H72O14/c1-11-25(2)43-28(5)17-18-47(62-43)23-34-20-33(61-47)16-15-27(4)42(26(3)13-12-14-32-24-55-45-40(49)29(6)19-35(46(51)58-34)48(32,45)52)59-39-22-37(54-10)44(31(8)57-39)60-38-21-36(53-9)41(50)30(7)56-38;1-24(2)41-27(5)16-17-46(61-41)22-33-19-32(60-46)15-14-26(4)42(25(3)12-11-13-31-23-54-44-39(48)28(6)18-34(45(50)57-33)47(31,44)51)58-38-21-36(53-10)43(30(8)56-38)59-37-20-35(52-9)40(49)29(7)55-37/h12-15,19,25-26,28,30-31,33-45,49-50,52H,11,16-18,20-24H2,1-10H3;11-14,18,24-25,27,29-30,32-44,48-49,51H,15-17,19-23H2,1-10H3/b13-12+,27-15+,32-14+;12-11+,26-14+,31-13+/t25-,26+,28+,30+,31+,33-,34+,35+,36+,37+,38+,39+,40-,41+,42?,43-,44?,45-,47-,48-;25-,27-,29-,30-,32+,33-,34-,35-,36-,37-,38-,39+,40-,41+,42?,43?,44+,46+,47+/m10/s1. The molecule has 0 radical (unpaired) electrons. The summed E-state index contributed by atoms with van der Waals surface area (Å²) in [5.74, 6) is -4.25. The van der Waals surface area contributed by atoms with E-state index >= 15 is 0 Å². The Balaban J connectivity index is 0.000000212. The van der Waals surface area contributed by atoms with Crippen molar-refractivity contribution in [1.82, 2.24) is 0 Å². The van der Waals surface area contributed by atoms with Crippen LogP contribution in [0.2, 0.25) is 0 Å². The van der Waals surface area contributed by atoms with Gasteiger partial charge in [0.05, 0.1) is 98.7 Å². The molecule has 12 heterocycles. The Morgan fingerprint density at radius 2 is 0.846 bits per heavy atom. The molecule has 123 heavy (non-hydrogen) atoms. The number of methoxy groups -OCH3 is 4. The highest BCUT2D eigenvalue weighted by atomic mass is 16.8. The molecule has 4 bridgehead atoms. The number of rotatable bonds is 15. The van der Waals surface area contributed by atoms with Gasteiger partial charge in [-0.05, 0) is 138 Å². The molecule has 0 aromatic heterocycles. The van der Waals surface area contributed by atoms with Crippen LogP contribution in [0.5, 0.6) is 0 Å². The largest absolute Gasteiger partial charge is 0.462 e. The first-order chi connectivity index (χ1) is 58.5. The molecular formula is C95H146O28. The lowest BCUT2D eigenvalue weighted by atomic mass is 9.71. The second kappa shape index (κ2) is 40.7. The van der Waals surface area contributed by atoms with Crippen molar-refractivity contribution in [2.24, 2.45) is 47.3 Å². The number of esters is 2. The van der Waals surface area contributed by atoms with Gasteiger partial charge in [0.2, 0.25) is 0 Å². The average molecular weight is 1740 g/mol. The summed E-state index contributed by atoms with van der Waals surface area (Å²) in [4.78, 5) is 28.7. The Kier molecular flexibility index (Phi) is 31.9. The van der Waals surface area contributed by atoms with Crippen LogP contribution in [0.4, 0.5) is 0 Å². The smallest absolute Gasteiger partial charge is 0.316 e. The van der Waals surface area contributed by atoms with E-state index in [0.29, 0.717) is 117 Å². The van der Waals surface area contributed by atoms with Crippen LogP contribution in [0.1, 0.15) is 207 Å². The van der Waals surface area contributed by atoms with Gasteiger partial charge in [0.15, 0.2) is 36.7 Å². The molecule has 28 heteroatoms. The molecule has 0 saturated carbocycles. The zero-order valence-corrected chi connectivity index (χ0v) is 76.2. The van der Waals surface area contributed by atoms with Crippen LogP contribution in [0.15, 0.2) is 94.2 Å². The lowest BCUT2D eigenvalue weighted by molar-refractivity contribution is -0.341. The third kappa shape index (κ3) is 20.8. The number of hydrogen-bond acceptors (Lipinski definition) is 28. The Labute approximate surface area is 728 Å². The van der Waals surface area contributed by atoms with E-state index in [1.54, 1.807) is 80.4 Å². The van der Waals surface area contributed by atoms with Crippen molar-refractivity contribution < 1.29 is 135 Å². The van der Waals surface area contributed by atoms with E-state index in [1.165, 1.54) is 0 Å². The predicted octanol–water partition coefficient (Wildman–Crippen LogP) is 10.8.